The van der Waals surface area contributed by atoms with Crippen molar-refractivity contribution in [2.75, 3.05) is 36.0 Å². The van der Waals surface area contributed by atoms with Gasteiger partial charge >= 0.3 is 24.5 Å². The summed E-state index contributed by atoms with van der Waals surface area (Å²) >= 11 is 0. The first-order valence-electron chi connectivity index (χ1n) is 18.8. The molecule has 3 heterocycles. The Labute approximate surface area is 336 Å². The summed E-state index contributed by atoms with van der Waals surface area (Å²) in [5.74, 6) is 0.0257. The number of aromatic nitrogens is 1. The predicted octanol–water partition coefficient (Wildman–Crippen LogP) is 9.79. The standard InChI is InChI=1S/C41H44F6N6O6/c1-39(2,3)59-38(55)53-20-15-28(16-21-53)57-34-11-9-31(48)35(36(34)41(45,46)47)32-23-29(14-19-50-32)58-33-10-6-25(22-30(33)40(42,43)44)52-37(54)51-24-4-7-26(8-5-24)56-27-12-17-49-18-13-27/h4-13,17-18,22,28-29,32,50H,14-16,19-21,23,48H2,1-3H3,(H2,51,52,54)/t29?,32-/m1/s1. The highest BCUT2D eigenvalue weighted by Gasteiger charge is 2.43. The molecule has 18 heteroatoms. The third-order valence-corrected chi connectivity index (χ3v) is 9.45. The SMILES string of the molecule is CC(C)(C)OC(=O)N1CCC(Oc2ccc(N)c([C@H]3CC(Oc4ccc(NC(=O)Nc5ccc(Oc6ccncc6)cc5)cc4C(F)(F)F)CCN3)c2C(F)(F)F)CC1. The number of urea groups is 1. The number of alkyl halides is 6. The Morgan fingerprint density at radius 2 is 1.39 bits per heavy atom. The van der Waals surface area contributed by atoms with Crippen molar-refractivity contribution in [2.45, 2.75) is 82.7 Å². The Morgan fingerprint density at radius 3 is 2.03 bits per heavy atom. The zero-order chi connectivity index (χ0) is 42.5. The van der Waals surface area contributed by atoms with E-state index in [-0.39, 0.29) is 62.3 Å². The third-order valence-electron chi connectivity index (χ3n) is 9.45. The Bertz CT molecular complexity index is 2090. The molecule has 316 valence electrons. The minimum absolute atomic E-state index is 0.109. The summed E-state index contributed by atoms with van der Waals surface area (Å²) in [7, 11) is 0. The number of hydrogen-bond acceptors (Lipinski definition) is 9. The second-order valence-corrected chi connectivity index (χ2v) is 15.1. The normalized spacial score (nSPS) is 17.8. The van der Waals surface area contributed by atoms with Crippen LogP contribution in [-0.2, 0) is 17.1 Å². The number of hydrogen-bond donors (Lipinski definition) is 4. The number of ether oxygens (including phenoxy) is 4. The second-order valence-electron chi connectivity index (χ2n) is 15.1. The molecule has 0 radical (unpaired) electrons. The molecule has 0 spiro atoms. The van der Waals surface area contributed by atoms with Crippen LogP contribution in [0.1, 0.15) is 69.2 Å². The second kappa shape index (κ2) is 17.5. The highest BCUT2D eigenvalue weighted by atomic mass is 19.4. The van der Waals surface area contributed by atoms with Crippen molar-refractivity contribution in [2.24, 2.45) is 0 Å². The van der Waals surface area contributed by atoms with Crippen molar-refractivity contribution in [3.63, 3.8) is 0 Å². The van der Waals surface area contributed by atoms with Crippen LogP contribution in [0.25, 0.3) is 0 Å². The minimum atomic E-state index is -4.91. The third kappa shape index (κ3) is 11.4. The molecule has 4 aromatic rings. The molecule has 3 aromatic carbocycles. The number of piperidine rings is 2. The van der Waals surface area contributed by atoms with Crippen molar-refractivity contribution in [1.82, 2.24) is 15.2 Å². The fraction of sp³-hybridized carbons (Fsp3) is 0.390. The van der Waals surface area contributed by atoms with Crippen molar-refractivity contribution < 1.29 is 54.9 Å². The lowest BCUT2D eigenvalue weighted by atomic mass is 9.89. The number of carbonyl (C=O) groups is 2. The van der Waals surface area contributed by atoms with E-state index in [4.69, 9.17) is 24.7 Å². The maximum atomic E-state index is 14.9. The lowest BCUT2D eigenvalue weighted by Crippen LogP contribution is -2.44. The lowest BCUT2D eigenvalue weighted by Gasteiger charge is -2.35. The molecule has 2 fully saturated rings. The van der Waals surface area contributed by atoms with Crippen LogP contribution in [0.3, 0.4) is 0 Å². The van der Waals surface area contributed by atoms with E-state index < -0.39 is 71.0 Å². The quantitative estimate of drug-likeness (QED) is 0.0956. The first kappa shape index (κ1) is 42.7. The van der Waals surface area contributed by atoms with Gasteiger partial charge in [0.2, 0.25) is 0 Å². The number of anilines is 3. The first-order valence-corrected chi connectivity index (χ1v) is 18.8. The number of nitrogens with one attached hydrogen (secondary N) is 3. The Kier molecular flexibility index (Phi) is 12.7. The summed E-state index contributed by atoms with van der Waals surface area (Å²) in [5, 5.41) is 7.95. The summed E-state index contributed by atoms with van der Waals surface area (Å²) in [5.41, 5.74) is 2.87. The van der Waals surface area contributed by atoms with Crippen molar-refractivity contribution in [1.29, 1.82) is 0 Å². The molecule has 5 N–H and O–H groups in total. The van der Waals surface area contributed by atoms with Gasteiger partial charge in [-0.05, 0) is 100 Å². The summed E-state index contributed by atoms with van der Waals surface area (Å²) in [6, 6.07) is 13.2. The summed E-state index contributed by atoms with van der Waals surface area (Å²) in [4.78, 5) is 30.6. The van der Waals surface area contributed by atoms with Gasteiger partial charge in [-0.15, -0.1) is 0 Å². The van der Waals surface area contributed by atoms with Crippen molar-refractivity contribution in [3.05, 3.63) is 95.8 Å². The number of nitrogen functional groups attached to an aromatic ring is 1. The summed E-state index contributed by atoms with van der Waals surface area (Å²) < 4.78 is 111. The number of pyridine rings is 1. The molecule has 59 heavy (non-hydrogen) atoms. The zero-order valence-electron chi connectivity index (χ0n) is 32.4. The lowest BCUT2D eigenvalue weighted by molar-refractivity contribution is -0.141. The topological polar surface area (TPSA) is 149 Å². The van der Waals surface area contributed by atoms with E-state index in [9.17, 15) is 35.9 Å². The molecular weight excluding hydrogens is 786 g/mol. The van der Waals surface area contributed by atoms with E-state index >= 15 is 0 Å². The fourth-order valence-electron chi connectivity index (χ4n) is 6.81. The zero-order valence-corrected chi connectivity index (χ0v) is 32.4. The number of benzene rings is 3. The van der Waals surface area contributed by atoms with Gasteiger partial charge in [0.05, 0.1) is 5.56 Å². The van der Waals surface area contributed by atoms with E-state index in [1.807, 2.05) is 0 Å². The molecular formula is C41H44F6N6O6. The van der Waals surface area contributed by atoms with Crippen LogP contribution < -0.4 is 35.9 Å². The van der Waals surface area contributed by atoms with Gasteiger partial charge in [0.15, 0.2) is 0 Å². The van der Waals surface area contributed by atoms with Crippen molar-refractivity contribution >= 4 is 29.2 Å². The number of rotatable bonds is 9. The summed E-state index contributed by atoms with van der Waals surface area (Å²) in [6.07, 6.45) is -8.27. The van der Waals surface area contributed by atoms with Crippen LogP contribution in [0.15, 0.2) is 79.1 Å². The maximum absolute atomic E-state index is 14.9. The molecule has 1 unspecified atom stereocenters. The van der Waals surface area contributed by atoms with Crippen LogP contribution in [-0.4, -0.2) is 59.5 Å². The van der Waals surface area contributed by atoms with Gasteiger partial charge < -0.3 is 45.5 Å². The van der Waals surface area contributed by atoms with E-state index in [1.54, 1.807) is 69.6 Å². The molecule has 2 atom stereocenters. The smallest absolute Gasteiger partial charge is 0.420 e. The molecule has 0 bridgehead atoms. The Balaban J connectivity index is 1.12. The maximum Gasteiger partial charge on any atom is 0.420 e. The fourth-order valence-corrected chi connectivity index (χ4v) is 6.81. The molecule has 6 rings (SSSR count). The van der Waals surface area contributed by atoms with Crippen LogP contribution >= 0.6 is 0 Å². The number of carbonyl (C=O) groups excluding carboxylic acids is 2. The Morgan fingerprint density at radius 1 is 0.780 bits per heavy atom. The molecule has 2 aliphatic heterocycles. The van der Waals surface area contributed by atoms with Gasteiger partial charge in [0.25, 0.3) is 0 Å². The molecule has 1 aromatic heterocycles. The van der Waals surface area contributed by atoms with Gasteiger partial charge in [-0.2, -0.15) is 26.3 Å². The number of amides is 3. The largest absolute Gasteiger partial charge is 0.490 e. The minimum Gasteiger partial charge on any atom is -0.490 e. The van der Waals surface area contributed by atoms with Crippen LogP contribution in [0.4, 0.5) is 53.0 Å². The average molecular weight is 831 g/mol. The monoisotopic (exact) mass is 830 g/mol. The van der Waals surface area contributed by atoms with Crippen molar-refractivity contribution in [3.8, 4) is 23.0 Å². The predicted molar refractivity (Wildman–Crippen MR) is 207 cm³/mol. The first-order chi connectivity index (χ1) is 27.8. The molecule has 3 amide bonds. The van der Waals surface area contributed by atoms with E-state index in [0.717, 1.165) is 18.2 Å². The number of halogens is 6. The van der Waals surface area contributed by atoms with Gasteiger partial charge in [-0.25, -0.2) is 9.59 Å². The average Bonchev–Trinajstić information content (AvgIpc) is 3.16. The number of likely N-dealkylation sites (tertiary alicyclic amines) is 1. The number of nitrogens with two attached hydrogens (primary N) is 1. The van der Waals surface area contributed by atoms with Crippen LogP contribution in [0, 0.1) is 0 Å². The van der Waals surface area contributed by atoms with Gasteiger partial charge in [0.1, 0.15) is 46.4 Å². The van der Waals surface area contributed by atoms with E-state index in [0.29, 0.717) is 17.2 Å². The van der Waals surface area contributed by atoms with Gasteiger partial charge in [-0.1, -0.05) is 0 Å². The molecule has 0 saturated carbocycles. The molecule has 12 nitrogen and oxygen atoms in total. The van der Waals surface area contributed by atoms with Crippen LogP contribution in [0.5, 0.6) is 23.0 Å². The van der Waals surface area contributed by atoms with E-state index in [2.05, 4.69) is 20.9 Å². The van der Waals surface area contributed by atoms with Gasteiger partial charge in [-0.3, -0.25) is 4.98 Å². The van der Waals surface area contributed by atoms with Gasteiger partial charge in [0, 0.05) is 73.4 Å². The summed E-state index contributed by atoms with van der Waals surface area (Å²) in [6.45, 7) is 5.75. The molecule has 2 saturated heterocycles. The van der Waals surface area contributed by atoms with E-state index in [1.165, 1.54) is 17.0 Å². The molecule has 2 aliphatic rings. The molecule has 0 aliphatic carbocycles. The number of nitrogens with zero attached hydrogens (tertiary/aromatic N) is 2. The van der Waals surface area contributed by atoms with Crippen LogP contribution in [0.2, 0.25) is 0 Å². The highest BCUT2D eigenvalue weighted by molar-refractivity contribution is 5.99. The highest BCUT2D eigenvalue weighted by Crippen LogP contribution is 2.46. The Hall–Kier alpha value is -5.91.